The Morgan fingerprint density at radius 2 is 1.60 bits per heavy atom. The lowest BCUT2D eigenvalue weighted by atomic mass is 10.1. The van der Waals surface area contributed by atoms with Crippen molar-refractivity contribution in [1.82, 2.24) is 0 Å². The number of benzene rings is 1. The molecule has 0 unspecified atom stereocenters. The van der Waals surface area contributed by atoms with Gasteiger partial charge in [-0.05, 0) is 38.0 Å². The second-order valence-electron chi connectivity index (χ2n) is 7.33. The van der Waals surface area contributed by atoms with E-state index in [4.69, 9.17) is 4.74 Å². The fourth-order valence-corrected chi connectivity index (χ4v) is 4.58. The Bertz CT molecular complexity index is 788. The van der Waals surface area contributed by atoms with E-state index in [0.29, 0.717) is 10.7 Å². The molecule has 2 rings (SSSR count). The zero-order valence-corrected chi connectivity index (χ0v) is 18.9. The molecule has 6 heteroatoms. The Hall–Kier alpha value is -2.34. The Kier molecular flexibility index (Phi) is 10.4. The standard InChI is InChI=1S/C24H33NO4S/c1-3-5-6-7-8-9-10-14-17-20-18-21(23(26)27)22(30-20)25(24(28)29-4-2)19-15-12-11-13-16-19/h11-13,15-16,18H,3-10,14,17H2,1-2H3,(H,26,27). The second-order valence-corrected chi connectivity index (χ2v) is 8.45. The summed E-state index contributed by atoms with van der Waals surface area (Å²) >= 11 is 1.36. The normalized spacial score (nSPS) is 10.7. The molecule has 164 valence electrons. The average molecular weight is 432 g/mol. The second kappa shape index (κ2) is 13.1. The maximum atomic E-state index is 12.7. The number of carbonyl (C=O) groups is 2. The summed E-state index contributed by atoms with van der Waals surface area (Å²) in [5, 5.41) is 10.1. The maximum absolute atomic E-state index is 12.7. The zero-order chi connectivity index (χ0) is 21.8. The van der Waals surface area contributed by atoms with Crippen molar-refractivity contribution >= 4 is 34.1 Å². The number of anilines is 2. The molecule has 30 heavy (non-hydrogen) atoms. The molecule has 5 nitrogen and oxygen atoms in total. The zero-order valence-electron chi connectivity index (χ0n) is 18.1. The first-order valence-electron chi connectivity index (χ1n) is 11.0. The summed E-state index contributed by atoms with van der Waals surface area (Å²) in [6, 6.07) is 10.8. The van der Waals surface area contributed by atoms with Crippen LogP contribution in [0.2, 0.25) is 0 Å². The first-order chi connectivity index (χ1) is 14.6. The van der Waals surface area contributed by atoms with Gasteiger partial charge in [0.15, 0.2) is 0 Å². The van der Waals surface area contributed by atoms with E-state index in [1.165, 1.54) is 54.8 Å². The largest absolute Gasteiger partial charge is 0.478 e. The summed E-state index contributed by atoms with van der Waals surface area (Å²) in [5.74, 6) is -1.03. The van der Waals surface area contributed by atoms with Crippen LogP contribution in [-0.4, -0.2) is 23.8 Å². The van der Waals surface area contributed by atoms with E-state index in [9.17, 15) is 14.7 Å². The van der Waals surface area contributed by atoms with E-state index in [-0.39, 0.29) is 12.2 Å². The summed E-state index contributed by atoms with van der Waals surface area (Å²) in [5.41, 5.74) is 0.741. The molecule has 0 aliphatic rings. The summed E-state index contributed by atoms with van der Waals surface area (Å²) < 4.78 is 5.21. The van der Waals surface area contributed by atoms with Gasteiger partial charge in [0.05, 0.1) is 17.9 Å². The van der Waals surface area contributed by atoms with E-state index < -0.39 is 12.1 Å². The Labute approximate surface area is 183 Å². The molecule has 0 aliphatic carbocycles. The van der Waals surface area contributed by atoms with Crippen molar-refractivity contribution in [2.45, 2.75) is 71.6 Å². The minimum Gasteiger partial charge on any atom is -0.478 e. The third-order valence-corrected chi connectivity index (χ3v) is 6.12. The number of rotatable bonds is 13. The topological polar surface area (TPSA) is 66.8 Å². The van der Waals surface area contributed by atoms with Crippen LogP contribution < -0.4 is 4.90 Å². The first-order valence-corrected chi connectivity index (χ1v) is 11.8. The van der Waals surface area contributed by atoms with Gasteiger partial charge in [-0.25, -0.2) is 14.5 Å². The summed E-state index contributed by atoms with van der Waals surface area (Å²) in [6.07, 6.45) is 10.1. The molecule has 0 bridgehead atoms. The molecular formula is C24H33NO4S. The number of carbonyl (C=O) groups excluding carboxylic acids is 1. The molecule has 2 aromatic rings. The number of thiophene rings is 1. The number of ether oxygens (including phenoxy) is 1. The molecule has 0 radical (unpaired) electrons. The number of carboxylic acid groups (broad SMARTS) is 1. The Balaban J connectivity index is 2.09. The number of para-hydroxylation sites is 1. The molecule has 0 fully saturated rings. The summed E-state index contributed by atoms with van der Waals surface area (Å²) in [7, 11) is 0. The number of unbranched alkanes of at least 4 members (excludes halogenated alkanes) is 7. The molecule has 1 aromatic heterocycles. The molecule has 0 spiro atoms. The van der Waals surface area contributed by atoms with Gasteiger partial charge in [-0.15, -0.1) is 11.3 Å². The lowest BCUT2D eigenvalue weighted by molar-refractivity contribution is 0.0698. The van der Waals surface area contributed by atoms with Crippen molar-refractivity contribution in [2.75, 3.05) is 11.5 Å². The van der Waals surface area contributed by atoms with Crippen LogP contribution in [0, 0.1) is 0 Å². The fourth-order valence-electron chi connectivity index (χ4n) is 3.38. The molecule has 1 aromatic carbocycles. The molecule has 0 atom stereocenters. The number of amides is 1. The van der Waals surface area contributed by atoms with Gasteiger partial charge in [0.2, 0.25) is 0 Å². The van der Waals surface area contributed by atoms with Crippen LogP contribution >= 0.6 is 11.3 Å². The third kappa shape index (κ3) is 7.17. The highest BCUT2D eigenvalue weighted by Crippen LogP contribution is 2.37. The smallest absolute Gasteiger partial charge is 0.419 e. The highest BCUT2D eigenvalue weighted by molar-refractivity contribution is 7.16. The van der Waals surface area contributed by atoms with Gasteiger partial charge in [-0.1, -0.05) is 70.1 Å². The van der Waals surface area contributed by atoms with Crippen LogP contribution in [-0.2, 0) is 11.2 Å². The maximum Gasteiger partial charge on any atom is 0.419 e. The molecule has 0 aliphatic heterocycles. The van der Waals surface area contributed by atoms with Crippen LogP contribution in [0.25, 0.3) is 0 Å². The van der Waals surface area contributed by atoms with Crippen LogP contribution in [0.3, 0.4) is 0 Å². The highest BCUT2D eigenvalue weighted by atomic mass is 32.1. The van der Waals surface area contributed by atoms with Crippen molar-refractivity contribution in [3.8, 4) is 0 Å². The predicted molar refractivity (Wildman–Crippen MR) is 123 cm³/mol. The quantitative estimate of drug-likeness (QED) is 0.335. The third-order valence-electron chi connectivity index (χ3n) is 4.94. The van der Waals surface area contributed by atoms with Gasteiger partial charge in [0, 0.05) is 4.88 Å². The van der Waals surface area contributed by atoms with Crippen LogP contribution in [0.5, 0.6) is 0 Å². The van der Waals surface area contributed by atoms with Crippen LogP contribution in [0.15, 0.2) is 36.4 Å². The fraction of sp³-hybridized carbons (Fsp3) is 0.500. The number of hydrogen-bond acceptors (Lipinski definition) is 4. The van der Waals surface area contributed by atoms with Gasteiger partial charge in [-0.3, -0.25) is 0 Å². The minimum absolute atomic E-state index is 0.145. The number of aromatic carboxylic acids is 1. The molecule has 0 saturated heterocycles. The predicted octanol–water partition coefficient (Wildman–Crippen LogP) is 7.42. The molecule has 1 N–H and O–H groups in total. The Morgan fingerprint density at radius 1 is 0.967 bits per heavy atom. The van der Waals surface area contributed by atoms with Gasteiger partial charge < -0.3 is 9.84 Å². The van der Waals surface area contributed by atoms with E-state index in [1.807, 2.05) is 18.2 Å². The van der Waals surface area contributed by atoms with Crippen molar-refractivity contribution < 1.29 is 19.4 Å². The number of nitrogens with zero attached hydrogens (tertiary/aromatic N) is 1. The van der Waals surface area contributed by atoms with E-state index in [0.717, 1.165) is 24.1 Å². The molecule has 1 amide bonds. The summed E-state index contributed by atoms with van der Waals surface area (Å²) in [4.78, 5) is 26.9. The van der Waals surface area contributed by atoms with Crippen molar-refractivity contribution in [3.63, 3.8) is 0 Å². The Morgan fingerprint density at radius 3 is 2.20 bits per heavy atom. The number of hydrogen-bond donors (Lipinski definition) is 1. The van der Waals surface area contributed by atoms with Crippen LogP contribution in [0.4, 0.5) is 15.5 Å². The average Bonchev–Trinajstić information content (AvgIpc) is 3.15. The minimum atomic E-state index is -1.03. The first kappa shape index (κ1) is 23.9. The SMILES string of the molecule is CCCCCCCCCCc1cc(C(=O)O)c(N(C(=O)OCC)c2ccccc2)s1. The van der Waals surface area contributed by atoms with E-state index in [2.05, 4.69) is 6.92 Å². The van der Waals surface area contributed by atoms with Crippen molar-refractivity contribution in [2.24, 2.45) is 0 Å². The molecular weight excluding hydrogens is 398 g/mol. The highest BCUT2D eigenvalue weighted by Gasteiger charge is 2.27. The lowest BCUT2D eigenvalue weighted by Crippen LogP contribution is -2.27. The van der Waals surface area contributed by atoms with Gasteiger partial charge in [0.1, 0.15) is 5.00 Å². The van der Waals surface area contributed by atoms with Crippen molar-refractivity contribution in [3.05, 3.63) is 46.8 Å². The van der Waals surface area contributed by atoms with Gasteiger partial charge in [0.25, 0.3) is 0 Å². The molecule has 1 heterocycles. The van der Waals surface area contributed by atoms with Crippen LogP contribution in [0.1, 0.15) is 80.4 Å². The number of aryl methyl sites for hydroxylation is 1. The van der Waals surface area contributed by atoms with E-state index in [1.54, 1.807) is 25.1 Å². The molecule has 0 saturated carbocycles. The monoisotopic (exact) mass is 431 g/mol. The van der Waals surface area contributed by atoms with Gasteiger partial charge in [-0.2, -0.15) is 0 Å². The summed E-state index contributed by atoms with van der Waals surface area (Å²) in [6.45, 7) is 4.18. The lowest BCUT2D eigenvalue weighted by Gasteiger charge is -2.21. The van der Waals surface area contributed by atoms with Crippen molar-refractivity contribution in [1.29, 1.82) is 0 Å². The number of carboxylic acids is 1. The van der Waals surface area contributed by atoms with Gasteiger partial charge >= 0.3 is 12.1 Å². The van der Waals surface area contributed by atoms with E-state index >= 15 is 0 Å².